The van der Waals surface area contributed by atoms with Crippen molar-refractivity contribution in [3.05, 3.63) is 74.3 Å². The normalized spacial score (nSPS) is 11.7. The highest BCUT2D eigenvalue weighted by atomic mass is 35.5. The summed E-state index contributed by atoms with van der Waals surface area (Å²) in [5, 5.41) is 3.73. The second-order valence-electron chi connectivity index (χ2n) is 6.73. The summed E-state index contributed by atoms with van der Waals surface area (Å²) in [6.45, 7) is 1.45. The van der Waals surface area contributed by atoms with Gasteiger partial charge in [0.1, 0.15) is 16.1 Å². The fourth-order valence-electron chi connectivity index (χ4n) is 3.03. The van der Waals surface area contributed by atoms with E-state index in [1.165, 1.54) is 19.1 Å². The number of nitrogen functional groups attached to an aromatic ring is 1. The van der Waals surface area contributed by atoms with Crippen molar-refractivity contribution in [3.63, 3.8) is 0 Å². The van der Waals surface area contributed by atoms with Gasteiger partial charge in [0.2, 0.25) is 5.95 Å². The molecule has 14 heteroatoms. The third-order valence-corrected chi connectivity index (χ3v) is 6.61. The van der Waals surface area contributed by atoms with E-state index in [0.29, 0.717) is 4.68 Å². The highest BCUT2D eigenvalue weighted by Gasteiger charge is 2.25. The van der Waals surface area contributed by atoms with Gasteiger partial charge in [0.15, 0.2) is 11.6 Å². The molecule has 0 fully saturated rings. The smallest absolute Gasteiger partial charge is 0.282 e. The minimum atomic E-state index is -4.43. The molecule has 0 aliphatic heterocycles. The van der Waals surface area contributed by atoms with Crippen LogP contribution in [-0.2, 0) is 10.0 Å². The highest BCUT2D eigenvalue weighted by molar-refractivity contribution is 7.92. The van der Waals surface area contributed by atoms with Gasteiger partial charge in [0.05, 0.1) is 21.8 Å². The number of hydrogen-bond acceptors (Lipinski definition) is 7. The molecule has 0 radical (unpaired) electrons. The SMILES string of the molecule is Cc1nn(-c2c(F)ccc(NS(=O)(=O)c3cc(Cl)ccc3Cl)c2F)c(=O)c2cnc(N)nc12. The van der Waals surface area contributed by atoms with Crippen LogP contribution in [0, 0.1) is 18.6 Å². The van der Waals surface area contributed by atoms with Crippen molar-refractivity contribution in [3.8, 4) is 5.69 Å². The Kier molecular flexibility index (Phi) is 5.68. The van der Waals surface area contributed by atoms with Crippen LogP contribution in [0.25, 0.3) is 16.6 Å². The molecule has 0 saturated heterocycles. The minimum Gasteiger partial charge on any atom is -0.368 e. The first-order valence-corrected chi connectivity index (χ1v) is 11.2. The molecule has 33 heavy (non-hydrogen) atoms. The number of sulfonamides is 1. The van der Waals surface area contributed by atoms with E-state index in [9.17, 15) is 17.6 Å². The minimum absolute atomic E-state index is 0.0743. The summed E-state index contributed by atoms with van der Waals surface area (Å²) in [4.78, 5) is 20.1. The van der Waals surface area contributed by atoms with Crippen LogP contribution in [0.1, 0.15) is 5.69 Å². The summed E-state index contributed by atoms with van der Waals surface area (Å²) in [5.74, 6) is -2.67. The molecule has 2 heterocycles. The topological polar surface area (TPSA) is 133 Å². The van der Waals surface area contributed by atoms with Gasteiger partial charge in [0, 0.05) is 11.2 Å². The summed E-state index contributed by atoms with van der Waals surface area (Å²) in [7, 11) is -4.43. The molecule has 4 rings (SSSR count). The maximum Gasteiger partial charge on any atom is 0.282 e. The van der Waals surface area contributed by atoms with Gasteiger partial charge in [-0.25, -0.2) is 27.2 Å². The molecular weight excluding hydrogens is 501 g/mol. The number of hydrogen-bond donors (Lipinski definition) is 2. The van der Waals surface area contributed by atoms with Crippen molar-refractivity contribution in [2.75, 3.05) is 10.5 Å². The van der Waals surface area contributed by atoms with Crippen molar-refractivity contribution in [1.29, 1.82) is 0 Å². The Morgan fingerprint density at radius 3 is 2.61 bits per heavy atom. The molecule has 2 aromatic heterocycles. The van der Waals surface area contributed by atoms with E-state index in [-0.39, 0.29) is 32.6 Å². The van der Waals surface area contributed by atoms with Crippen LogP contribution in [-0.4, -0.2) is 28.2 Å². The molecule has 0 aliphatic rings. The molecule has 0 aliphatic carbocycles. The Hall–Kier alpha value is -3.35. The molecule has 170 valence electrons. The maximum atomic E-state index is 15.3. The Morgan fingerprint density at radius 2 is 1.88 bits per heavy atom. The van der Waals surface area contributed by atoms with Gasteiger partial charge in [0.25, 0.3) is 15.6 Å². The van der Waals surface area contributed by atoms with E-state index >= 15 is 4.39 Å². The van der Waals surface area contributed by atoms with E-state index in [1.807, 2.05) is 4.72 Å². The fraction of sp³-hybridized carbons (Fsp3) is 0.0526. The number of rotatable bonds is 4. The number of fused-ring (bicyclic) bond motifs is 1. The summed E-state index contributed by atoms with van der Waals surface area (Å²) in [6, 6.07) is 5.33. The third-order valence-electron chi connectivity index (χ3n) is 4.53. The van der Waals surface area contributed by atoms with Gasteiger partial charge in [-0.2, -0.15) is 9.78 Å². The van der Waals surface area contributed by atoms with Gasteiger partial charge >= 0.3 is 0 Å². The largest absolute Gasteiger partial charge is 0.368 e. The molecule has 0 spiro atoms. The third kappa shape index (κ3) is 4.08. The van der Waals surface area contributed by atoms with Crippen LogP contribution in [0.5, 0.6) is 0 Å². The summed E-state index contributed by atoms with van der Waals surface area (Å²) in [6.07, 6.45) is 1.11. The van der Waals surface area contributed by atoms with Crippen molar-refractivity contribution in [2.24, 2.45) is 0 Å². The first-order chi connectivity index (χ1) is 15.5. The number of anilines is 2. The molecule has 4 aromatic rings. The number of aromatic nitrogens is 4. The number of nitrogens with one attached hydrogen (secondary N) is 1. The number of aryl methyl sites for hydroxylation is 1. The Balaban J connectivity index is 1.89. The van der Waals surface area contributed by atoms with Crippen LogP contribution < -0.4 is 16.0 Å². The predicted octanol–water partition coefficient (Wildman–Crippen LogP) is 3.45. The van der Waals surface area contributed by atoms with Gasteiger partial charge in [-0.15, -0.1) is 0 Å². The van der Waals surface area contributed by atoms with E-state index < -0.39 is 43.5 Å². The molecular formula is C19H12Cl2F2N6O3S. The van der Waals surface area contributed by atoms with Gasteiger partial charge in [-0.1, -0.05) is 23.2 Å². The van der Waals surface area contributed by atoms with Crippen molar-refractivity contribution < 1.29 is 17.2 Å². The van der Waals surface area contributed by atoms with Gasteiger partial charge in [-0.05, 0) is 37.3 Å². The average molecular weight is 513 g/mol. The molecule has 9 nitrogen and oxygen atoms in total. The van der Waals surface area contributed by atoms with E-state index in [2.05, 4.69) is 15.1 Å². The first-order valence-electron chi connectivity index (χ1n) is 8.98. The molecule has 0 amide bonds. The van der Waals surface area contributed by atoms with E-state index in [4.69, 9.17) is 28.9 Å². The van der Waals surface area contributed by atoms with Crippen LogP contribution in [0.2, 0.25) is 10.0 Å². The lowest BCUT2D eigenvalue weighted by Gasteiger charge is -2.14. The van der Waals surface area contributed by atoms with Crippen LogP contribution in [0.3, 0.4) is 0 Å². The molecule has 0 bridgehead atoms. The van der Waals surface area contributed by atoms with Gasteiger partial charge < -0.3 is 5.73 Å². The Labute approximate surface area is 194 Å². The average Bonchev–Trinajstić information content (AvgIpc) is 2.75. The van der Waals surface area contributed by atoms with Crippen molar-refractivity contribution in [2.45, 2.75) is 11.8 Å². The Morgan fingerprint density at radius 1 is 1.15 bits per heavy atom. The summed E-state index contributed by atoms with van der Waals surface area (Å²) >= 11 is 11.8. The second-order valence-corrected chi connectivity index (χ2v) is 9.23. The van der Waals surface area contributed by atoms with Crippen molar-refractivity contribution >= 4 is 55.8 Å². The standard InChI is InChI=1S/C19H12Cl2F2N6O3S/c1-8-16-10(7-25-19(24)26-16)18(30)29(27-8)17-12(22)4-5-13(15(17)23)28-33(31,32)14-6-9(20)2-3-11(14)21/h2-7,28H,1H3,(H2,24,25,26). The number of nitrogens with zero attached hydrogens (tertiary/aromatic N) is 4. The molecule has 0 atom stereocenters. The van der Waals surface area contributed by atoms with E-state index in [0.717, 1.165) is 24.4 Å². The van der Waals surface area contributed by atoms with Crippen LogP contribution in [0.15, 0.2) is 46.2 Å². The van der Waals surface area contributed by atoms with Crippen LogP contribution in [0.4, 0.5) is 20.4 Å². The van der Waals surface area contributed by atoms with Crippen molar-refractivity contribution in [1.82, 2.24) is 19.7 Å². The number of benzene rings is 2. The lowest BCUT2D eigenvalue weighted by atomic mass is 10.2. The maximum absolute atomic E-state index is 15.3. The monoisotopic (exact) mass is 512 g/mol. The quantitative estimate of drug-likeness (QED) is 0.427. The van der Waals surface area contributed by atoms with E-state index in [1.54, 1.807) is 0 Å². The fourth-order valence-corrected chi connectivity index (χ4v) is 4.86. The lowest BCUT2D eigenvalue weighted by molar-refractivity contribution is 0.555. The molecule has 3 N–H and O–H groups in total. The zero-order valence-corrected chi connectivity index (χ0v) is 18.8. The predicted molar refractivity (Wildman–Crippen MR) is 119 cm³/mol. The van der Waals surface area contributed by atoms with Crippen LogP contribution >= 0.6 is 23.2 Å². The molecule has 2 aromatic carbocycles. The Bertz CT molecular complexity index is 1610. The molecule has 0 saturated carbocycles. The highest BCUT2D eigenvalue weighted by Crippen LogP contribution is 2.30. The first kappa shape index (κ1) is 22.8. The number of nitrogens with two attached hydrogens (primary N) is 1. The second kappa shape index (κ2) is 8.21. The summed E-state index contributed by atoms with van der Waals surface area (Å²) in [5.41, 5.74) is 3.27. The van der Waals surface area contributed by atoms with Gasteiger partial charge in [-0.3, -0.25) is 9.52 Å². The number of halogens is 4. The lowest BCUT2D eigenvalue weighted by Crippen LogP contribution is -2.26. The molecule has 0 unspecified atom stereocenters. The zero-order chi connectivity index (χ0) is 24.1. The zero-order valence-electron chi connectivity index (χ0n) is 16.5. The summed E-state index contributed by atoms with van der Waals surface area (Å²) < 4.78 is 58.0.